The van der Waals surface area contributed by atoms with Gasteiger partial charge < -0.3 is 15.4 Å². The Balaban J connectivity index is 0.00000264. The molecule has 8 heteroatoms. The van der Waals surface area contributed by atoms with Crippen LogP contribution >= 0.6 is 23.7 Å². The highest BCUT2D eigenvalue weighted by Gasteiger charge is 2.14. The number of carbonyl (C=O) groups is 1. The number of ether oxygens (including phenoxy) is 1. The van der Waals surface area contributed by atoms with Crippen LogP contribution in [0.25, 0.3) is 0 Å². The number of carbonyl (C=O) groups excluding carboxylic acids is 1. The van der Waals surface area contributed by atoms with Crippen molar-refractivity contribution in [2.75, 3.05) is 20.2 Å². The monoisotopic (exact) mass is 359 g/mol. The second-order valence-electron chi connectivity index (χ2n) is 4.71. The molecular weight excluding hydrogens is 341 g/mol. The topological polar surface area (TPSA) is 68.5 Å². The van der Waals surface area contributed by atoms with E-state index in [-0.39, 0.29) is 24.1 Å². The van der Waals surface area contributed by atoms with Crippen LogP contribution in [0.5, 0.6) is 5.75 Å². The van der Waals surface area contributed by atoms with Gasteiger partial charge in [0.2, 0.25) is 0 Å². The van der Waals surface area contributed by atoms with E-state index in [0.717, 1.165) is 5.01 Å². The zero-order valence-electron chi connectivity index (χ0n) is 12.7. The summed E-state index contributed by atoms with van der Waals surface area (Å²) in [5, 5.41) is 2.46. The smallest absolute Gasteiger partial charge is 0.273 e. The van der Waals surface area contributed by atoms with Crippen molar-refractivity contribution >= 4 is 29.7 Å². The van der Waals surface area contributed by atoms with Gasteiger partial charge in [0, 0.05) is 25.5 Å². The molecule has 2 rings (SSSR count). The molecule has 23 heavy (non-hydrogen) atoms. The van der Waals surface area contributed by atoms with E-state index in [4.69, 9.17) is 10.5 Å². The number of nitrogens with zero attached hydrogens (tertiary/aromatic N) is 2. The first-order valence-corrected chi connectivity index (χ1v) is 7.76. The molecule has 0 aliphatic heterocycles. The molecule has 0 unspecified atom stereocenters. The van der Waals surface area contributed by atoms with Gasteiger partial charge in [-0.2, -0.15) is 0 Å². The average molecular weight is 360 g/mol. The number of thiazole rings is 1. The molecule has 1 aromatic carbocycles. The molecule has 0 aliphatic rings. The lowest BCUT2D eigenvalue weighted by Crippen LogP contribution is -2.29. The first-order valence-electron chi connectivity index (χ1n) is 6.88. The molecule has 0 aliphatic carbocycles. The van der Waals surface area contributed by atoms with E-state index in [1.807, 2.05) is 0 Å². The van der Waals surface area contributed by atoms with E-state index in [9.17, 15) is 9.18 Å². The Labute approximate surface area is 144 Å². The van der Waals surface area contributed by atoms with E-state index in [0.29, 0.717) is 37.6 Å². The van der Waals surface area contributed by atoms with Gasteiger partial charge >= 0.3 is 0 Å². The van der Waals surface area contributed by atoms with Gasteiger partial charge in [0.05, 0.1) is 6.61 Å². The molecule has 1 heterocycles. The molecule has 1 aromatic heterocycles. The second-order valence-corrected chi connectivity index (χ2v) is 5.66. The van der Waals surface area contributed by atoms with Gasteiger partial charge in [-0.15, -0.1) is 23.7 Å². The van der Waals surface area contributed by atoms with Crippen LogP contribution in [0, 0.1) is 5.82 Å². The van der Waals surface area contributed by atoms with E-state index in [1.54, 1.807) is 29.5 Å². The lowest BCUT2D eigenvalue weighted by molar-refractivity contribution is 0.0782. The van der Waals surface area contributed by atoms with E-state index in [2.05, 4.69) is 4.98 Å². The predicted octanol–water partition coefficient (Wildman–Crippen LogP) is 2.70. The van der Waals surface area contributed by atoms with E-state index >= 15 is 0 Å². The molecule has 0 radical (unpaired) electrons. The van der Waals surface area contributed by atoms with Crippen LogP contribution in [-0.2, 0) is 6.54 Å². The summed E-state index contributed by atoms with van der Waals surface area (Å²) in [5.41, 5.74) is 5.91. The second kappa shape index (κ2) is 9.44. The van der Waals surface area contributed by atoms with Gasteiger partial charge in [-0.1, -0.05) is 0 Å². The third-order valence-electron chi connectivity index (χ3n) is 3.01. The lowest BCUT2D eigenvalue weighted by atomic mass is 10.3. The molecule has 126 valence electrons. The van der Waals surface area contributed by atoms with Gasteiger partial charge in [0.1, 0.15) is 22.3 Å². The molecular formula is C15H19ClFN3O2S. The lowest BCUT2D eigenvalue weighted by Gasteiger charge is -2.16. The Morgan fingerprint density at radius 2 is 2.09 bits per heavy atom. The summed E-state index contributed by atoms with van der Waals surface area (Å²) < 4.78 is 18.2. The minimum atomic E-state index is -0.294. The maximum atomic E-state index is 12.7. The third kappa shape index (κ3) is 5.78. The number of rotatable bonds is 7. The SMILES string of the molecule is CN(CCCOc1ccc(F)cc1)C(=O)c1csc(CN)n1.Cl. The van der Waals surface area contributed by atoms with Crippen molar-refractivity contribution in [3.05, 3.63) is 46.2 Å². The maximum Gasteiger partial charge on any atom is 0.273 e. The van der Waals surface area contributed by atoms with Crippen molar-refractivity contribution in [2.45, 2.75) is 13.0 Å². The summed E-state index contributed by atoms with van der Waals surface area (Å²) >= 11 is 1.38. The van der Waals surface area contributed by atoms with Crippen molar-refractivity contribution in [2.24, 2.45) is 5.73 Å². The number of benzene rings is 1. The Hall–Kier alpha value is -1.70. The van der Waals surface area contributed by atoms with Crippen LogP contribution in [0.4, 0.5) is 4.39 Å². The fourth-order valence-electron chi connectivity index (χ4n) is 1.82. The van der Waals surface area contributed by atoms with Crippen LogP contribution in [0.3, 0.4) is 0 Å². The Bertz CT molecular complexity index is 621. The molecule has 0 saturated carbocycles. The fraction of sp³-hybridized carbons (Fsp3) is 0.333. The first-order chi connectivity index (χ1) is 10.6. The molecule has 0 bridgehead atoms. The highest BCUT2D eigenvalue weighted by Crippen LogP contribution is 2.12. The molecule has 5 nitrogen and oxygen atoms in total. The molecule has 1 amide bonds. The van der Waals surface area contributed by atoms with Crippen LogP contribution in [0.15, 0.2) is 29.6 Å². The Morgan fingerprint density at radius 3 is 2.70 bits per heavy atom. The third-order valence-corrected chi connectivity index (χ3v) is 3.88. The van der Waals surface area contributed by atoms with Crippen LogP contribution in [0.1, 0.15) is 21.9 Å². The summed E-state index contributed by atoms with van der Waals surface area (Å²) in [4.78, 5) is 17.9. The van der Waals surface area contributed by atoms with Gasteiger partial charge in [0.25, 0.3) is 5.91 Å². The van der Waals surface area contributed by atoms with Gasteiger partial charge in [-0.3, -0.25) is 4.79 Å². The van der Waals surface area contributed by atoms with Crippen molar-refractivity contribution in [1.82, 2.24) is 9.88 Å². The molecule has 2 N–H and O–H groups in total. The number of hydrogen-bond donors (Lipinski definition) is 1. The van der Waals surface area contributed by atoms with Gasteiger partial charge in [-0.05, 0) is 30.7 Å². The number of amides is 1. The highest BCUT2D eigenvalue weighted by molar-refractivity contribution is 7.09. The number of aromatic nitrogens is 1. The summed E-state index contributed by atoms with van der Waals surface area (Å²) in [5.74, 6) is 0.193. The summed E-state index contributed by atoms with van der Waals surface area (Å²) in [7, 11) is 1.72. The molecule has 0 atom stereocenters. The van der Waals surface area contributed by atoms with Crippen molar-refractivity contribution in [1.29, 1.82) is 0 Å². The van der Waals surface area contributed by atoms with Crippen LogP contribution in [0.2, 0.25) is 0 Å². The predicted molar refractivity (Wildman–Crippen MR) is 90.7 cm³/mol. The quantitative estimate of drug-likeness (QED) is 0.772. The first kappa shape index (κ1) is 19.3. The minimum absolute atomic E-state index is 0. The summed E-state index contributed by atoms with van der Waals surface area (Å²) in [6, 6.07) is 5.85. The summed E-state index contributed by atoms with van der Waals surface area (Å²) in [6.45, 7) is 1.34. The molecule has 0 fully saturated rings. The molecule has 0 spiro atoms. The van der Waals surface area contributed by atoms with Crippen molar-refractivity contribution in [3.63, 3.8) is 0 Å². The molecule has 0 saturated heterocycles. The maximum absolute atomic E-state index is 12.7. The van der Waals surface area contributed by atoms with E-state index < -0.39 is 0 Å². The Morgan fingerprint density at radius 1 is 1.39 bits per heavy atom. The zero-order chi connectivity index (χ0) is 15.9. The number of hydrogen-bond acceptors (Lipinski definition) is 5. The minimum Gasteiger partial charge on any atom is -0.494 e. The van der Waals surface area contributed by atoms with Crippen molar-refractivity contribution in [3.8, 4) is 5.75 Å². The average Bonchev–Trinajstić information content (AvgIpc) is 3.01. The molecule has 2 aromatic rings. The van der Waals surface area contributed by atoms with Crippen LogP contribution < -0.4 is 10.5 Å². The highest BCUT2D eigenvalue weighted by atomic mass is 35.5. The standard InChI is InChI=1S/C15H18FN3O2S.ClH/c1-19(15(20)13-10-22-14(9-17)18-13)7-2-8-21-12-5-3-11(16)4-6-12;/h3-6,10H,2,7-9,17H2,1H3;1H. The number of halogens is 2. The largest absolute Gasteiger partial charge is 0.494 e. The van der Waals surface area contributed by atoms with Crippen molar-refractivity contribution < 1.29 is 13.9 Å². The van der Waals surface area contributed by atoms with Crippen LogP contribution in [-0.4, -0.2) is 36.0 Å². The Kier molecular flexibility index (Phi) is 7.94. The summed E-state index contributed by atoms with van der Waals surface area (Å²) in [6.07, 6.45) is 0.674. The van der Waals surface area contributed by atoms with E-state index in [1.165, 1.54) is 23.5 Å². The zero-order valence-corrected chi connectivity index (χ0v) is 14.3. The van der Waals surface area contributed by atoms with Gasteiger partial charge in [-0.25, -0.2) is 9.37 Å². The van der Waals surface area contributed by atoms with Gasteiger partial charge in [0.15, 0.2) is 0 Å². The normalized spacial score (nSPS) is 10.0. The number of nitrogens with two attached hydrogens (primary N) is 1. The fourth-order valence-corrected chi connectivity index (χ4v) is 2.47.